The number of hydrogen-bond donors (Lipinski definition) is 0. The van der Waals surface area contributed by atoms with Crippen molar-refractivity contribution in [3.63, 3.8) is 0 Å². The summed E-state index contributed by atoms with van der Waals surface area (Å²) in [5, 5.41) is 0. The van der Waals surface area contributed by atoms with Gasteiger partial charge in [0.05, 0.1) is 13.2 Å². The Morgan fingerprint density at radius 1 is 0.717 bits per heavy atom. The number of amides is 2. The predicted molar refractivity (Wildman–Crippen MR) is 190 cm³/mol. The van der Waals surface area contributed by atoms with Gasteiger partial charge in [0.2, 0.25) is 0 Å². The van der Waals surface area contributed by atoms with Crippen LogP contribution in [0.3, 0.4) is 0 Å². The van der Waals surface area contributed by atoms with Gasteiger partial charge in [-0.3, -0.25) is 19.4 Å². The van der Waals surface area contributed by atoms with Gasteiger partial charge in [0.15, 0.2) is 24.8 Å². The van der Waals surface area contributed by atoms with Crippen molar-refractivity contribution in [2.45, 2.75) is 116 Å². The van der Waals surface area contributed by atoms with Crippen molar-refractivity contribution in [3.05, 3.63) is 58.7 Å². The zero-order valence-corrected chi connectivity index (χ0v) is 31.2. The monoisotopic (exact) mass is 732 g/mol. The summed E-state index contributed by atoms with van der Waals surface area (Å²) in [5.74, 6) is -2.08. The van der Waals surface area contributed by atoms with Crippen LogP contribution in [0.4, 0.5) is 9.59 Å². The molecule has 2 amide bonds. The lowest BCUT2D eigenvalue weighted by Crippen LogP contribution is -2.51. The molecule has 4 atom stereocenters. The van der Waals surface area contributed by atoms with Gasteiger partial charge in [-0.25, -0.2) is 19.2 Å². The van der Waals surface area contributed by atoms with Gasteiger partial charge in [-0.2, -0.15) is 0 Å². The molecule has 0 aromatic heterocycles. The zero-order valence-electron chi connectivity index (χ0n) is 31.2. The quantitative estimate of drug-likeness (QED) is 0.178. The van der Waals surface area contributed by atoms with Crippen molar-refractivity contribution in [2.24, 2.45) is 5.92 Å². The molecule has 284 valence electrons. The average molecular weight is 733 g/mol. The van der Waals surface area contributed by atoms with Crippen molar-refractivity contribution in [3.8, 4) is 11.1 Å². The molecular formula is C40H48N2O11. The number of esters is 2. The van der Waals surface area contributed by atoms with Crippen molar-refractivity contribution in [1.29, 1.82) is 0 Å². The summed E-state index contributed by atoms with van der Waals surface area (Å²) in [6, 6.07) is 8.67. The molecule has 0 radical (unpaired) electrons. The fraction of sp³-hybridized carbons (Fsp3) is 0.550. The highest BCUT2D eigenvalue weighted by molar-refractivity contribution is 6.00. The number of ketones is 2. The molecule has 2 aromatic rings. The molecule has 2 bridgehead atoms. The zero-order chi connectivity index (χ0) is 38.2. The lowest BCUT2D eigenvalue weighted by Gasteiger charge is -2.35. The first kappa shape index (κ1) is 38.0. The van der Waals surface area contributed by atoms with E-state index in [2.05, 4.69) is 0 Å². The van der Waals surface area contributed by atoms with Gasteiger partial charge in [0.1, 0.15) is 23.3 Å². The molecule has 3 fully saturated rings. The highest BCUT2D eigenvalue weighted by atomic mass is 16.6. The summed E-state index contributed by atoms with van der Waals surface area (Å²) in [6.07, 6.45) is 2.24. The molecule has 13 heteroatoms. The second-order valence-electron chi connectivity index (χ2n) is 16.2. The Kier molecular flexibility index (Phi) is 10.7. The first-order valence-electron chi connectivity index (χ1n) is 18.2. The molecule has 3 aliphatic heterocycles. The fourth-order valence-corrected chi connectivity index (χ4v) is 7.61. The van der Waals surface area contributed by atoms with E-state index in [1.165, 1.54) is 9.80 Å². The Labute approximate surface area is 309 Å². The maximum Gasteiger partial charge on any atom is 0.411 e. The molecule has 0 N–H and O–H groups in total. The number of Topliss-reactive ketones (excluding diaryl/α,β-unsaturated/α-hetero) is 2. The third kappa shape index (κ3) is 8.56. The minimum atomic E-state index is -0.810. The Hall–Kier alpha value is -4.78. The largest absolute Gasteiger partial charge is 0.456 e. The SMILES string of the molecule is CC(C)(C)OC(=O)N1CCC[C@H]1C(=O)OCC(=O)c1ccc2c(c1)COCc1cc(C(=O)COC(=O)[C@H]3[C@H]4CC[C@H](C4)N3C(=O)OC(C)(C)C)ccc1-2. The molecule has 2 saturated heterocycles. The number of carbonyl (C=O) groups excluding carboxylic acids is 6. The molecule has 3 heterocycles. The summed E-state index contributed by atoms with van der Waals surface area (Å²) < 4.78 is 27.8. The van der Waals surface area contributed by atoms with E-state index in [-0.39, 0.29) is 31.0 Å². The average Bonchev–Trinajstić information content (AvgIpc) is 3.83. The maximum atomic E-state index is 13.2. The van der Waals surface area contributed by atoms with Gasteiger partial charge < -0.3 is 23.7 Å². The number of carbonyl (C=O) groups is 6. The van der Waals surface area contributed by atoms with Gasteiger partial charge in [0.25, 0.3) is 0 Å². The summed E-state index contributed by atoms with van der Waals surface area (Å²) in [7, 11) is 0. The van der Waals surface area contributed by atoms with Gasteiger partial charge in [-0.15, -0.1) is 0 Å². The van der Waals surface area contributed by atoms with E-state index >= 15 is 0 Å². The molecule has 0 unspecified atom stereocenters. The van der Waals surface area contributed by atoms with Gasteiger partial charge in [-0.1, -0.05) is 24.3 Å². The number of nitrogens with zero attached hydrogens (tertiary/aromatic N) is 2. The molecule has 0 spiro atoms. The molecule has 13 nitrogen and oxygen atoms in total. The van der Waals surface area contributed by atoms with Crippen LogP contribution in [0.25, 0.3) is 11.1 Å². The van der Waals surface area contributed by atoms with Crippen LogP contribution in [0, 0.1) is 5.92 Å². The Morgan fingerprint density at radius 2 is 1.26 bits per heavy atom. The van der Waals surface area contributed by atoms with Crippen molar-refractivity contribution >= 4 is 35.7 Å². The normalized spacial score (nSPS) is 22.0. The molecule has 1 aliphatic carbocycles. The van der Waals surface area contributed by atoms with E-state index in [0.29, 0.717) is 36.9 Å². The van der Waals surface area contributed by atoms with E-state index in [9.17, 15) is 28.8 Å². The van der Waals surface area contributed by atoms with Crippen LogP contribution in [-0.4, -0.2) is 94.6 Å². The number of fused-ring (bicyclic) bond motifs is 5. The predicted octanol–water partition coefficient (Wildman–Crippen LogP) is 6.02. The second-order valence-corrected chi connectivity index (χ2v) is 16.2. The minimum Gasteiger partial charge on any atom is -0.456 e. The highest BCUT2D eigenvalue weighted by Gasteiger charge is 2.53. The number of likely N-dealkylation sites (tertiary alicyclic amines) is 2. The summed E-state index contributed by atoms with van der Waals surface area (Å²) in [4.78, 5) is 80.9. The van der Waals surface area contributed by atoms with Crippen molar-refractivity contribution in [1.82, 2.24) is 9.80 Å². The standard InChI is InChI=1S/C40H48N2O11/c1-39(2,3)52-37(47)41-15-7-8-31(41)35(45)50-21-32(43)23-10-13-29-26(16-23)19-49-20-27-17-24(11-14-30(27)29)33(44)22-51-36(46)34-25-9-12-28(18-25)42(34)38(48)53-40(4,5)6/h10-11,13-14,16-17,25,28,31,34H,7-9,12,15,18-22H2,1-6H3/t25-,28+,31-,34+/m0/s1. The number of piperidine rings is 1. The maximum absolute atomic E-state index is 13.2. The van der Waals surface area contributed by atoms with E-state index in [4.69, 9.17) is 23.7 Å². The smallest absolute Gasteiger partial charge is 0.411 e. The number of benzene rings is 2. The van der Waals surface area contributed by atoms with Crippen LogP contribution >= 0.6 is 0 Å². The van der Waals surface area contributed by atoms with E-state index < -0.39 is 66.4 Å². The van der Waals surface area contributed by atoms with Crippen molar-refractivity contribution in [2.75, 3.05) is 19.8 Å². The van der Waals surface area contributed by atoms with E-state index in [1.54, 1.807) is 77.9 Å². The summed E-state index contributed by atoms with van der Waals surface area (Å²) in [6.45, 7) is 10.4. The lowest BCUT2D eigenvalue weighted by atomic mass is 9.92. The first-order valence-corrected chi connectivity index (χ1v) is 18.2. The van der Waals surface area contributed by atoms with E-state index in [1.807, 2.05) is 0 Å². The van der Waals surface area contributed by atoms with Crippen LogP contribution in [0.15, 0.2) is 36.4 Å². The summed E-state index contributed by atoms with van der Waals surface area (Å²) >= 11 is 0. The number of rotatable bonds is 8. The number of ether oxygens (including phenoxy) is 5. The molecule has 2 aromatic carbocycles. The number of hydrogen-bond acceptors (Lipinski definition) is 11. The van der Waals surface area contributed by atoms with Gasteiger partial charge in [-0.05, 0) is 114 Å². The first-order chi connectivity index (χ1) is 25.0. The molecule has 4 aliphatic rings. The second kappa shape index (κ2) is 14.9. The van der Waals surface area contributed by atoms with Crippen LogP contribution in [0.5, 0.6) is 0 Å². The third-order valence-corrected chi connectivity index (χ3v) is 9.93. The van der Waals surface area contributed by atoms with Crippen LogP contribution < -0.4 is 0 Å². The Morgan fingerprint density at radius 3 is 1.83 bits per heavy atom. The molecular weight excluding hydrogens is 684 g/mol. The fourth-order valence-electron chi connectivity index (χ4n) is 7.61. The Bertz CT molecular complexity index is 1810. The van der Waals surface area contributed by atoms with Crippen molar-refractivity contribution < 1.29 is 52.5 Å². The lowest BCUT2D eigenvalue weighted by molar-refractivity contribution is -0.150. The summed E-state index contributed by atoms with van der Waals surface area (Å²) in [5.41, 5.74) is 2.43. The molecule has 53 heavy (non-hydrogen) atoms. The van der Waals surface area contributed by atoms with Crippen LogP contribution in [0.2, 0.25) is 0 Å². The van der Waals surface area contributed by atoms with Crippen LogP contribution in [-0.2, 0) is 46.5 Å². The van der Waals surface area contributed by atoms with Crippen LogP contribution in [0.1, 0.15) is 105 Å². The molecule has 6 rings (SSSR count). The minimum absolute atomic E-state index is 0.0284. The Balaban J connectivity index is 1.06. The van der Waals surface area contributed by atoms with E-state index in [0.717, 1.165) is 35.1 Å². The van der Waals surface area contributed by atoms with Gasteiger partial charge >= 0.3 is 24.1 Å². The van der Waals surface area contributed by atoms with Gasteiger partial charge in [0, 0.05) is 23.7 Å². The molecule has 1 saturated carbocycles. The highest BCUT2D eigenvalue weighted by Crippen LogP contribution is 2.43. The third-order valence-electron chi connectivity index (χ3n) is 9.93. The topological polar surface area (TPSA) is 155 Å².